The molecule has 0 atom stereocenters. The Labute approximate surface area is 139 Å². The van der Waals surface area contributed by atoms with Crippen molar-refractivity contribution in [2.75, 3.05) is 5.32 Å². The van der Waals surface area contributed by atoms with Crippen molar-refractivity contribution in [3.05, 3.63) is 43.3 Å². The molecule has 2 rings (SSSR count). The second-order valence-corrected chi connectivity index (χ2v) is 6.75. The third-order valence-electron chi connectivity index (χ3n) is 2.42. The van der Waals surface area contributed by atoms with Gasteiger partial charge in [0, 0.05) is 20.6 Å². The molecule has 1 heterocycles. The Kier molecular flexibility index (Phi) is 5.03. The molecule has 2 aromatic rings. The lowest BCUT2D eigenvalue weighted by molar-refractivity contribution is 0.771. The van der Waals surface area contributed by atoms with Gasteiger partial charge in [0.15, 0.2) is 0 Å². The third kappa shape index (κ3) is 4.03. The summed E-state index contributed by atoms with van der Waals surface area (Å²) >= 11 is 11.6. The zero-order chi connectivity index (χ0) is 14.0. The van der Waals surface area contributed by atoms with Crippen molar-refractivity contribution >= 4 is 61.6 Å². The number of anilines is 2. The van der Waals surface area contributed by atoms with Gasteiger partial charge >= 0.3 is 0 Å². The Morgan fingerprint density at radius 1 is 1.26 bits per heavy atom. The first kappa shape index (κ1) is 15.0. The van der Waals surface area contributed by atoms with Gasteiger partial charge in [-0.15, -0.1) is 0 Å². The molecule has 0 radical (unpaired) electrons. The highest BCUT2D eigenvalue weighted by Crippen LogP contribution is 2.26. The van der Waals surface area contributed by atoms with E-state index >= 15 is 0 Å². The molecule has 3 nitrogen and oxygen atoms in total. The molecule has 0 fully saturated rings. The first-order valence-electron chi connectivity index (χ1n) is 5.72. The van der Waals surface area contributed by atoms with Crippen molar-refractivity contribution in [2.24, 2.45) is 0 Å². The minimum atomic E-state index is 0.280. The van der Waals surface area contributed by atoms with Crippen molar-refractivity contribution in [2.45, 2.75) is 19.8 Å². The predicted octanol–water partition coefficient (Wildman–Crippen LogP) is 5.36. The third-order valence-corrected chi connectivity index (χ3v) is 3.96. The number of hydrogen-bond donors (Lipinski definition) is 1. The molecule has 1 aromatic carbocycles. The summed E-state index contributed by atoms with van der Waals surface area (Å²) in [5, 5.41) is 4.01. The van der Waals surface area contributed by atoms with Crippen LogP contribution in [0.15, 0.2) is 28.9 Å². The molecule has 0 bridgehead atoms. The number of rotatable bonds is 3. The zero-order valence-electron chi connectivity index (χ0n) is 10.4. The lowest BCUT2D eigenvalue weighted by Crippen LogP contribution is -2.03. The van der Waals surface area contributed by atoms with Gasteiger partial charge in [-0.2, -0.15) is 0 Å². The van der Waals surface area contributed by atoms with Crippen molar-refractivity contribution in [3.63, 3.8) is 0 Å². The fourth-order valence-corrected chi connectivity index (χ4v) is 2.89. The van der Waals surface area contributed by atoms with Crippen LogP contribution in [-0.4, -0.2) is 9.97 Å². The maximum absolute atomic E-state index is 5.95. The number of benzene rings is 1. The molecular weight excluding hydrogens is 440 g/mol. The van der Waals surface area contributed by atoms with Crippen LogP contribution in [-0.2, 0) is 0 Å². The summed E-state index contributed by atoms with van der Waals surface area (Å²) in [5.41, 5.74) is 0.977. The highest BCUT2D eigenvalue weighted by Gasteiger charge is 2.08. The molecule has 1 aromatic heterocycles. The largest absolute Gasteiger partial charge is 0.339 e. The van der Waals surface area contributed by atoms with Gasteiger partial charge in [0.05, 0.1) is 5.69 Å². The van der Waals surface area contributed by atoms with E-state index in [1.54, 1.807) is 0 Å². The van der Waals surface area contributed by atoms with Crippen LogP contribution in [0.2, 0.25) is 5.02 Å². The maximum Gasteiger partial charge on any atom is 0.135 e. The lowest BCUT2D eigenvalue weighted by atomic mass is 10.2. The van der Waals surface area contributed by atoms with Crippen molar-refractivity contribution < 1.29 is 0 Å². The molecule has 0 saturated heterocycles. The van der Waals surface area contributed by atoms with Gasteiger partial charge in [0.1, 0.15) is 16.2 Å². The van der Waals surface area contributed by atoms with E-state index in [1.165, 1.54) is 0 Å². The van der Waals surface area contributed by atoms with E-state index in [9.17, 15) is 0 Å². The second-order valence-electron chi connectivity index (χ2n) is 4.34. The number of nitrogens with zero attached hydrogens (tertiary/aromatic N) is 2. The van der Waals surface area contributed by atoms with Gasteiger partial charge in [-0.1, -0.05) is 25.4 Å². The monoisotopic (exact) mass is 451 g/mol. The van der Waals surface area contributed by atoms with E-state index in [0.717, 1.165) is 30.5 Å². The highest BCUT2D eigenvalue weighted by atomic mass is 127. The minimum absolute atomic E-state index is 0.280. The smallest absolute Gasteiger partial charge is 0.135 e. The number of aromatic nitrogens is 2. The fraction of sp³-hybridized carbons (Fsp3) is 0.231. The molecule has 19 heavy (non-hydrogen) atoms. The summed E-state index contributed by atoms with van der Waals surface area (Å²) in [5.74, 6) is 1.86. The molecule has 0 aliphatic carbocycles. The van der Waals surface area contributed by atoms with Crippen LogP contribution in [0.5, 0.6) is 0 Å². The van der Waals surface area contributed by atoms with Gasteiger partial charge < -0.3 is 5.32 Å². The molecule has 0 amide bonds. The van der Waals surface area contributed by atoms with Crippen LogP contribution in [0.3, 0.4) is 0 Å². The standard InChI is InChI=1S/C13H12BrClIN3/c1-7(2)13-18-11(14)6-12(19-13)17-10-4-3-8(15)5-9(10)16/h3-7H,1-2H3,(H,17,18,19). The Morgan fingerprint density at radius 3 is 2.63 bits per heavy atom. The average molecular weight is 453 g/mol. The van der Waals surface area contributed by atoms with Crippen LogP contribution >= 0.6 is 50.1 Å². The summed E-state index contributed by atoms with van der Waals surface area (Å²) < 4.78 is 1.82. The first-order valence-corrected chi connectivity index (χ1v) is 7.97. The summed E-state index contributed by atoms with van der Waals surface area (Å²) in [6.45, 7) is 4.13. The molecule has 6 heteroatoms. The van der Waals surface area contributed by atoms with Crippen LogP contribution < -0.4 is 5.32 Å². The van der Waals surface area contributed by atoms with Crippen LogP contribution in [0, 0.1) is 3.57 Å². The molecule has 100 valence electrons. The molecule has 0 aliphatic heterocycles. The zero-order valence-corrected chi connectivity index (χ0v) is 14.9. The number of halogens is 3. The highest BCUT2D eigenvalue weighted by molar-refractivity contribution is 14.1. The molecule has 0 spiro atoms. The van der Waals surface area contributed by atoms with E-state index in [1.807, 2.05) is 24.3 Å². The first-order chi connectivity index (χ1) is 8.95. The molecule has 0 unspecified atom stereocenters. The summed E-state index contributed by atoms with van der Waals surface area (Å²) in [7, 11) is 0. The normalized spacial score (nSPS) is 10.8. The van der Waals surface area contributed by atoms with Crippen molar-refractivity contribution in [1.29, 1.82) is 0 Å². The van der Waals surface area contributed by atoms with E-state index < -0.39 is 0 Å². The SMILES string of the molecule is CC(C)c1nc(Br)cc(Nc2ccc(Cl)cc2I)n1. The Morgan fingerprint density at radius 2 is 2.00 bits per heavy atom. The summed E-state index contributed by atoms with van der Waals surface area (Å²) in [4.78, 5) is 8.86. The van der Waals surface area contributed by atoms with Crippen LogP contribution in [0.1, 0.15) is 25.6 Å². The van der Waals surface area contributed by atoms with Crippen molar-refractivity contribution in [1.82, 2.24) is 9.97 Å². The van der Waals surface area contributed by atoms with Gasteiger partial charge in [-0.05, 0) is 56.7 Å². The quantitative estimate of drug-likeness (QED) is 0.503. The molecule has 0 aliphatic rings. The fourth-order valence-electron chi connectivity index (χ4n) is 1.49. The minimum Gasteiger partial charge on any atom is -0.339 e. The summed E-state index contributed by atoms with van der Waals surface area (Å²) in [6.07, 6.45) is 0. The van der Waals surface area contributed by atoms with E-state index in [2.05, 4.69) is 67.7 Å². The molecular formula is C13H12BrClIN3. The van der Waals surface area contributed by atoms with Gasteiger partial charge in [0.2, 0.25) is 0 Å². The Balaban J connectivity index is 2.32. The van der Waals surface area contributed by atoms with Gasteiger partial charge in [-0.3, -0.25) is 0 Å². The van der Waals surface area contributed by atoms with Crippen LogP contribution in [0.25, 0.3) is 0 Å². The second kappa shape index (κ2) is 6.37. The molecule has 1 N–H and O–H groups in total. The van der Waals surface area contributed by atoms with Gasteiger partial charge in [-0.25, -0.2) is 9.97 Å². The van der Waals surface area contributed by atoms with E-state index in [-0.39, 0.29) is 5.92 Å². The average Bonchev–Trinajstić information content (AvgIpc) is 2.32. The predicted molar refractivity (Wildman–Crippen MR) is 91.3 cm³/mol. The Bertz CT molecular complexity index is 604. The van der Waals surface area contributed by atoms with Gasteiger partial charge in [0.25, 0.3) is 0 Å². The topological polar surface area (TPSA) is 37.8 Å². The van der Waals surface area contributed by atoms with Crippen molar-refractivity contribution in [3.8, 4) is 0 Å². The summed E-state index contributed by atoms with van der Waals surface area (Å²) in [6, 6.07) is 7.56. The van der Waals surface area contributed by atoms with Crippen LogP contribution in [0.4, 0.5) is 11.5 Å². The number of nitrogens with one attached hydrogen (secondary N) is 1. The van der Waals surface area contributed by atoms with E-state index in [4.69, 9.17) is 11.6 Å². The van der Waals surface area contributed by atoms with E-state index in [0.29, 0.717) is 0 Å². The lowest BCUT2D eigenvalue weighted by Gasteiger charge is -2.11. The maximum atomic E-state index is 5.95. The number of hydrogen-bond acceptors (Lipinski definition) is 3. The molecule has 0 saturated carbocycles. The Hall–Kier alpha value is -0.400.